The third-order valence-electron chi connectivity index (χ3n) is 13.0. The molecule has 9 nitrogen and oxygen atoms in total. The first-order valence-electron chi connectivity index (χ1n) is 31.3. The fraction of sp³-hybridized carbons (Fsp3) is 0.676. The number of carbonyl (C=O) groups is 2. The molecule has 10 heteroatoms. The first kappa shape index (κ1) is 74.4. The van der Waals surface area contributed by atoms with Crippen LogP contribution in [0.15, 0.2) is 122 Å². The molecule has 0 heterocycles. The van der Waals surface area contributed by atoms with Gasteiger partial charge in [0.05, 0.1) is 27.7 Å². The van der Waals surface area contributed by atoms with Gasteiger partial charge in [-0.05, 0) is 109 Å². The Morgan fingerprint density at radius 3 is 1.10 bits per heavy atom. The Morgan fingerprint density at radius 1 is 0.410 bits per heavy atom. The summed E-state index contributed by atoms with van der Waals surface area (Å²) < 4.78 is 34.6. The van der Waals surface area contributed by atoms with Crippen molar-refractivity contribution in [3.63, 3.8) is 0 Å². The van der Waals surface area contributed by atoms with E-state index in [-0.39, 0.29) is 32.0 Å². The predicted octanol–water partition coefficient (Wildman–Crippen LogP) is 19.9. The third-order valence-corrected chi connectivity index (χ3v) is 14.0. The lowest BCUT2D eigenvalue weighted by Gasteiger charge is -2.24. The fourth-order valence-electron chi connectivity index (χ4n) is 8.18. The van der Waals surface area contributed by atoms with Gasteiger partial charge in [-0.3, -0.25) is 18.6 Å². The molecule has 78 heavy (non-hydrogen) atoms. The number of nitrogens with zero attached hydrogens (tertiary/aromatic N) is 1. The molecule has 0 aliphatic rings. The molecule has 2 unspecified atom stereocenters. The smallest absolute Gasteiger partial charge is 0.462 e. The predicted molar refractivity (Wildman–Crippen MR) is 334 cm³/mol. The second-order valence-corrected chi connectivity index (χ2v) is 23.2. The van der Waals surface area contributed by atoms with E-state index in [1.807, 2.05) is 21.1 Å². The van der Waals surface area contributed by atoms with E-state index in [2.05, 4.69) is 135 Å². The van der Waals surface area contributed by atoms with Crippen LogP contribution in [0.1, 0.15) is 245 Å². The number of rotatable bonds is 56. The van der Waals surface area contributed by atoms with E-state index in [0.29, 0.717) is 17.4 Å². The normalized spacial score (nSPS) is 14.1. The van der Waals surface area contributed by atoms with Crippen molar-refractivity contribution in [1.29, 1.82) is 0 Å². The lowest BCUT2D eigenvalue weighted by atomic mass is 10.0. The Morgan fingerprint density at radius 2 is 0.731 bits per heavy atom. The van der Waals surface area contributed by atoms with Crippen LogP contribution in [-0.2, 0) is 32.7 Å². The van der Waals surface area contributed by atoms with E-state index >= 15 is 0 Å². The quantitative estimate of drug-likeness (QED) is 0.0211. The number of unbranched alkanes of at least 4 members (excludes halogenated alkanes) is 22. The number of hydrogen-bond donors (Lipinski definition) is 1. The summed E-state index contributed by atoms with van der Waals surface area (Å²) in [5.74, 6) is -0.841. The van der Waals surface area contributed by atoms with Gasteiger partial charge in [-0.15, -0.1) is 0 Å². The van der Waals surface area contributed by atoms with Crippen molar-refractivity contribution in [3.8, 4) is 0 Å². The van der Waals surface area contributed by atoms with Crippen LogP contribution in [0.2, 0.25) is 0 Å². The molecule has 0 amide bonds. The van der Waals surface area contributed by atoms with Crippen LogP contribution < -0.4 is 0 Å². The minimum atomic E-state index is -4.41. The highest BCUT2D eigenvalue weighted by Crippen LogP contribution is 2.43. The summed E-state index contributed by atoms with van der Waals surface area (Å²) in [4.78, 5) is 35.8. The summed E-state index contributed by atoms with van der Waals surface area (Å²) in [6.45, 7) is 4.27. The second-order valence-electron chi connectivity index (χ2n) is 21.7. The van der Waals surface area contributed by atoms with Gasteiger partial charge in [0, 0.05) is 12.8 Å². The summed E-state index contributed by atoms with van der Waals surface area (Å²) in [5.41, 5.74) is 0. The van der Waals surface area contributed by atoms with Crippen LogP contribution in [0.4, 0.5) is 0 Å². The molecule has 0 rings (SSSR count). The van der Waals surface area contributed by atoms with Crippen molar-refractivity contribution < 1.29 is 42.1 Å². The highest BCUT2D eigenvalue weighted by atomic mass is 31.2. The number of hydrogen-bond acceptors (Lipinski definition) is 7. The summed E-state index contributed by atoms with van der Waals surface area (Å²) >= 11 is 0. The van der Waals surface area contributed by atoms with E-state index in [4.69, 9.17) is 18.5 Å². The van der Waals surface area contributed by atoms with Gasteiger partial charge in [0.1, 0.15) is 19.8 Å². The van der Waals surface area contributed by atoms with Crippen molar-refractivity contribution in [2.75, 3.05) is 47.5 Å². The topological polar surface area (TPSA) is 108 Å². The minimum absolute atomic E-state index is 0.0184. The van der Waals surface area contributed by atoms with Crippen LogP contribution in [-0.4, -0.2) is 74.9 Å². The Bertz CT molecular complexity index is 1730. The number of allylic oxidation sites excluding steroid dienone is 20. The van der Waals surface area contributed by atoms with Gasteiger partial charge in [-0.2, -0.15) is 0 Å². The van der Waals surface area contributed by atoms with Crippen molar-refractivity contribution in [3.05, 3.63) is 122 Å². The number of esters is 2. The van der Waals surface area contributed by atoms with Crippen LogP contribution in [0.25, 0.3) is 0 Å². The molecule has 0 aromatic carbocycles. The standard InChI is InChI=1S/C68H116NO8P/c1-6-8-10-12-14-16-18-20-22-24-26-28-30-32-33-34-35-37-38-40-42-44-46-48-50-52-54-56-58-60-67(70)74-64-66(65-76-78(72,73)75-63-62-69(3,4)5)77-68(71)61-59-57-55-53-51-49-47-45-43-41-39-36-31-29-27-25-23-21-19-17-15-13-11-9-7-2/h9,11,15,17-18,20-21,23-24,26-27,29-30,32,36,39,43,45,49,51,66H,6-8,10,12-14,16,19,22,25,28,31,33-35,37-38,40-42,44,46-48,50,52-65H2,1-5H3/p+1/b11-9-,17-15-,20-18-,23-21-,26-24-,29-27-,32-30-,39-36-,45-43-,51-49-. The highest BCUT2D eigenvalue weighted by molar-refractivity contribution is 7.47. The van der Waals surface area contributed by atoms with Crippen LogP contribution >= 0.6 is 7.82 Å². The number of ether oxygens (including phenoxy) is 2. The monoisotopic (exact) mass is 1110 g/mol. The van der Waals surface area contributed by atoms with E-state index in [9.17, 15) is 19.0 Å². The summed E-state index contributed by atoms with van der Waals surface area (Å²) in [7, 11) is 1.44. The lowest BCUT2D eigenvalue weighted by molar-refractivity contribution is -0.870. The van der Waals surface area contributed by atoms with Crippen molar-refractivity contribution in [2.45, 2.75) is 251 Å². The van der Waals surface area contributed by atoms with Gasteiger partial charge < -0.3 is 18.9 Å². The maximum Gasteiger partial charge on any atom is 0.472 e. The van der Waals surface area contributed by atoms with Gasteiger partial charge in [0.25, 0.3) is 0 Å². The van der Waals surface area contributed by atoms with Gasteiger partial charge in [-0.1, -0.05) is 245 Å². The largest absolute Gasteiger partial charge is 0.472 e. The average Bonchev–Trinajstić information content (AvgIpc) is 3.40. The maximum absolute atomic E-state index is 12.8. The third kappa shape index (κ3) is 61.6. The number of likely N-dealkylation sites (N-methyl/N-ethyl adjacent to an activating group) is 1. The molecule has 0 aromatic rings. The molecule has 0 aromatic heterocycles. The molecule has 1 N–H and O–H groups in total. The van der Waals surface area contributed by atoms with Crippen molar-refractivity contribution in [2.24, 2.45) is 0 Å². The molecular formula is C68H117NO8P+. The average molecular weight is 1110 g/mol. The van der Waals surface area contributed by atoms with Crippen molar-refractivity contribution in [1.82, 2.24) is 0 Å². The van der Waals surface area contributed by atoms with E-state index in [0.717, 1.165) is 96.3 Å². The molecule has 0 fully saturated rings. The summed E-state index contributed by atoms with van der Waals surface area (Å²) in [6.07, 6.45) is 82.8. The molecule has 2 atom stereocenters. The lowest BCUT2D eigenvalue weighted by Crippen LogP contribution is -2.37. The zero-order valence-corrected chi connectivity index (χ0v) is 51.5. The molecule has 0 bridgehead atoms. The Balaban J connectivity index is 4.21. The van der Waals surface area contributed by atoms with E-state index < -0.39 is 26.5 Å². The first-order chi connectivity index (χ1) is 38.0. The molecule has 0 radical (unpaired) electrons. The van der Waals surface area contributed by atoms with Gasteiger partial charge in [-0.25, -0.2) is 4.57 Å². The molecule has 0 aliphatic carbocycles. The zero-order valence-electron chi connectivity index (χ0n) is 50.6. The number of carbonyl (C=O) groups excluding carboxylic acids is 2. The fourth-order valence-corrected chi connectivity index (χ4v) is 8.92. The van der Waals surface area contributed by atoms with Crippen LogP contribution in [0.5, 0.6) is 0 Å². The minimum Gasteiger partial charge on any atom is -0.462 e. The van der Waals surface area contributed by atoms with E-state index in [1.165, 1.54) is 116 Å². The Hall–Kier alpha value is -3.59. The SMILES string of the molecule is CC/C=C\C/C=C\C/C=C\C/C=C\C/C=C\C/C=C\C/C=C\CCCCCC(=O)OC(COC(=O)CCCCCCCCCCCCCCCC/C=C\C/C=C\C/C=C\CCCCCCC)COP(=O)(O)OCC[N+](C)(C)C. The zero-order chi connectivity index (χ0) is 57.0. The van der Waals surface area contributed by atoms with Crippen LogP contribution in [0, 0.1) is 0 Å². The first-order valence-corrected chi connectivity index (χ1v) is 32.8. The number of phosphoric acid groups is 1. The highest BCUT2D eigenvalue weighted by Gasteiger charge is 2.27. The second kappa shape index (κ2) is 58.1. The van der Waals surface area contributed by atoms with Crippen LogP contribution in [0.3, 0.4) is 0 Å². The molecule has 446 valence electrons. The number of phosphoric ester groups is 1. The molecule has 0 spiro atoms. The summed E-state index contributed by atoms with van der Waals surface area (Å²) in [5, 5.41) is 0. The Kier molecular flexibility index (Phi) is 55.4. The van der Waals surface area contributed by atoms with E-state index in [1.54, 1.807) is 0 Å². The molecule has 0 aliphatic heterocycles. The van der Waals surface area contributed by atoms with Crippen molar-refractivity contribution >= 4 is 19.8 Å². The molecular weight excluding hydrogens is 990 g/mol. The molecule has 0 saturated heterocycles. The number of quaternary nitrogens is 1. The Labute approximate surface area is 479 Å². The summed E-state index contributed by atoms with van der Waals surface area (Å²) in [6, 6.07) is 0. The maximum atomic E-state index is 12.8. The molecule has 0 saturated carbocycles. The van der Waals surface area contributed by atoms with Gasteiger partial charge in [0.2, 0.25) is 0 Å². The van der Waals surface area contributed by atoms with Gasteiger partial charge in [0.15, 0.2) is 6.10 Å². The van der Waals surface area contributed by atoms with Gasteiger partial charge >= 0.3 is 19.8 Å².